The topological polar surface area (TPSA) is 44.4 Å². The number of piperidine rings is 1. The van der Waals surface area contributed by atoms with Gasteiger partial charge in [-0.2, -0.15) is 0 Å². The van der Waals surface area contributed by atoms with Crippen molar-refractivity contribution in [1.29, 1.82) is 0 Å². The molecule has 0 aromatic carbocycles. The van der Waals surface area contributed by atoms with Gasteiger partial charge in [0.05, 0.1) is 6.54 Å². The summed E-state index contributed by atoms with van der Waals surface area (Å²) in [4.78, 5) is 14.3. The predicted octanol–water partition coefficient (Wildman–Crippen LogP) is 1.37. The SMILES string of the molecule is CCC(CC)NC(=O)CN(CC)C1CCCNC1. The molecule has 1 saturated heterocycles. The molecule has 1 unspecified atom stereocenters. The maximum absolute atomic E-state index is 12.0. The van der Waals surface area contributed by atoms with Crippen LogP contribution in [0, 0.1) is 0 Å². The van der Waals surface area contributed by atoms with Gasteiger partial charge in [0, 0.05) is 18.6 Å². The van der Waals surface area contributed by atoms with Crippen molar-refractivity contribution in [3.05, 3.63) is 0 Å². The molecule has 0 aliphatic carbocycles. The van der Waals surface area contributed by atoms with Crippen LogP contribution in [-0.4, -0.2) is 49.1 Å². The van der Waals surface area contributed by atoms with E-state index in [1.807, 2.05) is 0 Å². The van der Waals surface area contributed by atoms with Crippen molar-refractivity contribution in [1.82, 2.24) is 15.5 Å². The fourth-order valence-corrected chi connectivity index (χ4v) is 2.59. The van der Waals surface area contributed by atoms with Gasteiger partial charge >= 0.3 is 0 Å². The van der Waals surface area contributed by atoms with Crippen LogP contribution in [0.4, 0.5) is 0 Å². The molecule has 106 valence electrons. The maximum atomic E-state index is 12.0. The lowest BCUT2D eigenvalue weighted by molar-refractivity contribution is -0.123. The Morgan fingerprint density at radius 3 is 2.61 bits per heavy atom. The lowest BCUT2D eigenvalue weighted by Crippen LogP contribution is -2.50. The van der Waals surface area contributed by atoms with E-state index in [2.05, 4.69) is 36.3 Å². The highest BCUT2D eigenvalue weighted by Gasteiger charge is 2.22. The zero-order chi connectivity index (χ0) is 13.4. The molecule has 0 radical (unpaired) electrons. The number of hydrogen-bond donors (Lipinski definition) is 2. The number of carbonyl (C=O) groups is 1. The second kappa shape index (κ2) is 8.48. The molecule has 0 aromatic rings. The average molecular weight is 255 g/mol. The Bertz CT molecular complexity index is 235. The summed E-state index contributed by atoms with van der Waals surface area (Å²) in [6, 6.07) is 0.858. The van der Waals surface area contributed by atoms with Gasteiger partial charge in [0.15, 0.2) is 0 Å². The highest BCUT2D eigenvalue weighted by atomic mass is 16.2. The summed E-state index contributed by atoms with van der Waals surface area (Å²) in [6.45, 7) is 10.0. The van der Waals surface area contributed by atoms with E-state index < -0.39 is 0 Å². The summed E-state index contributed by atoms with van der Waals surface area (Å²) in [5, 5.41) is 6.53. The molecule has 1 aliphatic heterocycles. The third-order valence-corrected chi connectivity index (χ3v) is 3.89. The first-order valence-corrected chi connectivity index (χ1v) is 7.45. The smallest absolute Gasteiger partial charge is 0.234 e. The molecule has 1 rings (SSSR count). The van der Waals surface area contributed by atoms with Crippen molar-refractivity contribution in [2.24, 2.45) is 0 Å². The van der Waals surface area contributed by atoms with Crippen LogP contribution in [0.25, 0.3) is 0 Å². The molecule has 2 N–H and O–H groups in total. The van der Waals surface area contributed by atoms with Crippen LogP contribution in [0.15, 0.2) is 0 Å². The Hall–Kier alpha value is -0.610. The van der Waals surface area contributed by atoms with Crippen molar-refractivity contribution in [2.45, 2.75) is 58.5 Å². The Morgan fingerprint density at radius 1 is 1.39 bits per heavy atom. The quantitative estimate of drug-likeness (QED) is 0.722. The van der Waals surface area contributed by atoms with E-state index in [1.165, 1.54) is 12.8 Å². The van der Waals surface area contributed by atoms with Crippen LogP contribution < -0.4 is 10.6 Å². The largest absolute Gasteiger partial charge is 0.352 e. The minimum atomic E-state index is 0.177. The Labute approximate surface area is 111 Å². The number of nitrogens with one attached hydrogen (secondary N) is 2. The second-order valence-corrected chi connectivity index (χ2v) is 5.14. The van der Waals surface area contributed by atoms with Crippen LogP contribution in [-0.2, 0) is 4.79 Å². The number of likely N-dealkylation sites (N-methyl/N-ethyl adjacent to an activating group) is 1. The number of amides is 1. The van der Waals surface area contributed by atoms with E-state index in [-0.39, 0.29) is 5.91 Å². The molecule has 4 heteroatoms. The van der Waals surface area contributed by atoms with E-state index in [4.69, 9.17) is 0 Å². The third kappa shape index (κ3) is 4.94. The molecule has 18 heavy (non-hydrogen) atoms. The van der Waals surface area contributed by atoms with Crippen LogP contribution >= 0.6 is 0 Å². The van der Waals surface area contributed by atoms with Crippen LogP contribution in [0.3, 0.4) is 0 Å². The van der Waals surface area contributed by atoms with E-state index in [9.17, 15) is 4.79 Å². The maximum Gasteiger partial charge on any atom is 0.234 e. The molecule has 1 aliphatic rings. The molecule has 0 spiro atoms. The van der Waals surface area contributed by atoms with Gasteiger partial charge in [-0.3, -0.25) is 9.69 Å². The normalized spacial score (nSPS) is 20.4. The minimum Gasteiger partial charge on any atom is -0.352 e. The van der Waals surface area contributed by atoms with Crippen molar-refractivity contribution in [3.8, 4) is 0 Å². The first-order valence-electron chi connectivity index (χ1n) is 7.45. The summed E-state index contributed by atoms with van der Waals surface area (Å²) >= 11 is 0. The molecule has 1 fully saturated rings. The van der Waals surface area contributed by atoms with E-state index >= 15 is 0 Å². The molecule has 0 aromatic heterocycles. The zero-order valence-electron chi connectivity index (χ0n) is 12.2. The number of carbonyl (C=O) groups excluding carboxylic acids is 1. The van der Waals surface area contributed by atoms with Crippen LogP contribution in [0.1, 0.15) is 46.5 Å². The second-order valence-electron chi connectivity index (χ2n) is 5.14. The predicted molar refractivity (Wildman–Crippen MR) is 75.7 cm³/mol. The van der Waals surface area contributed by atoms with Crippen molar-refractivity contribution in [2.75, 3.05) is 26.2 Å². The summed E-state index contributed by atoms with van der Waals surface area (Å²) in [6.07, 6.45) is 4.45. The standard InChI is InChI=1S/C14H29N3O/c1-4-12(5-2)16-14(18)11-17(6-3)13-8-7-9-15-10-13/h12-13,15H,4-11H2,1-3H3,(H,16,18). The van der Waals surface area contributed by atoms with Gasteiger partial charge in [-0.25, -0.2) is 0 Å². The molecule has 1 amide bonds. The fraction of sp³-hybridized carbons (Fsp3) is 0.929. The van der Waals surface area contributed by atoms with E-state index in [1.54, 1.807) is 0 Å². The number of nitrogens with zero attached hydrogens (tertiary/aromatic N) is 1. The van der Waals surface area contributed by atoms with Gasteiger partial charge in [-0.05, 0) is 38.8 Å². The number of rotatable bonds is 7. The van der Waals surface area contributed by atoms with Gasteiger partial charge in [0.1, 0.15) is 0 Å². The highest BCUT2D eigenvalue weighted by molar-refractivity contribution is 5.78. The summed E-state index contributed by atoms with van der Waals surface area (Å²) in [7, 11) is 0. The molecule has 4 nitrogen and oxygen atoms in total. The lowest BCUT2D eigenvalue weighted by atomic mass is 10.1. The zero-order valence-corrected chi connectivity index (χ0v) is 12.2. The van der Waals surface area contributed by atoms with Gasteiger partial charge in [-0.15, -0.1) is 0 Å². The molecule has 0 bridgehead atoms. The summed E-state index contributed by atoms with van der Waals surface area (Å²) in [5.41, 5.74) is 0. The minimum absolute atomic E-state index is 0.177. The van der Waals surface area contributed by atoms with Gasteiger partial charge < -0.3 is 10.6 Å². The fourth-order valence-electron chi connectivity index (χ4n) is 2.59. The van der Waals surface area contributed by atoms with E-state index in [0.29, 0.717) is 18.6 Å². The number of hydrogen-bond acceptors (Lipinski definition) is 3. The highest BCUT2D eigenvalue weighted by Crippen LogP contribution is 2.09. The average Bonchev–Trinajstić information content (AvgIpc) is 2.43. The first kappa shape index (κ1) is 15.4. The van der Waals surface area contributed by atoms with Gasteiger partial charge in [0.2, 0.25) is 5.91 Å². The summed E-state index contributed by atoms with van der Waals surface area (Å²) in [5.74, 6) is 0.177. The van der Waals surface area contributed by atoms with Crippen molar-refractivity contribution < 1.29 is 4.79 Å². The Morgan fingerprint density at radius 2 is 2.11 bits per heavy atom. The Kier molecular flexibility index (Phi) is 7.28. The van der Waals surface area contributed by atoms with Gasteiger partial charge in [-0.1, -0.05) is 20.8 Å². The Balaban J connectivity index is 2.39. The molecule has 1 heterocycles. The monoisotopic (exact) mass is 255 g/mol. The van der Waals surface area contributed by atoms with Crippen molar-refractivity contribution in [3.63, 3.8) is 0 Å². The third-order valence-electron chi connectivity index (χ3n) is 3.89. The molecular formula is C14H29N3O. The van der Waals surface area contributed by atoms with Gasteiger partial charge in [0.25, 0.3) is 0 Å². The summed E-state index contributed by atoms with van der Waals surface area (Å²) < 4.78 is 0. The first-order chi connectivity index (χ1) is 8.71. The van der Waals surface area contributed by atoms with Crippen LogP contribution in [0.5, 0.6) is 0 Å². The lowest BCUT2D eigenvalue weighted by Gasteiger charge is -2.33. The van der Waals surface area contributed by atoms with Crippen LogP contribution in [0.2, 0.25) is 0 Å². The molecule has 0 saturated carbocycles. The van der Waals surface area contributed by atoms with E-state index in [0.717, 1.165) is 32.5 Å². The molecular weight excluding hydrogens is 226 g/mol. The molecule has 1 atom stereocenters. The van der Waals surface area contributed by atoms with Crippen molar-refractivity contribution >= 4 is 5.91 Å².